The van der Waals surface area contributed by atoms with Crippen molar-refractivity contribution in [2.24, 2.45) is 0 Å². The van der Waals surface area contributed by atoms with Crippen LogP contribution in [0.15, 0.2) is 16.6 Å². The Kier molecular flexibility index (Phi) is 5.09. The van der Waals surface area contributed by atoms with E-state index in [4.69, 9.17) is 4.74 Å². The summed E-state index contributed by atoms with van der Waals surface area (Å²) in [6, 6.07) is 3.66. The van der Waals surface area contributed by atoms with Crippen LogP contribution in [0.2, 0.25) is 0 Å². The fraction of sp³-hybridized carbons (Fsp3) is 0.500. The van der Waals surface area contributed by atoms with Gasteiger partial charge in [0.25, 0.3) is 0 Å². The number of aryl methyl sites for hydroxylation is 1. The van der Waals surface area contributed by atoms with E-state index in [0.717, 1.165) is 12.0 Å². The van der Waals surface area contributed by atoms with Gasteiger partial charge in [0.15, 0.2) is 11.5 Å². The SMILES string of the molecule is CCOc1cc(CC[C@@H](C)O)cc(Br)c1O. The first-order chi connectivity index (χ1) is 7.54. The predicted molar refractivity (Wildman–Crippen MR) is 67.0 cm³/mol. The van der Waals surface area contributed by atoms with Crippen LogP contribution in [0.3, 0.4) is 0 Å². The van der Waals surface area contributed by atoms with Crippen molar-refractivity contribution in [3.05, 3.63) is 22.2 Å². The van der Waals surface area contributed by atoms with Gasteiger partial charge in [-0.2, -0.15) is 0 Å². The van der Waals surface area contributed by atoms with E-state index >= 15 is 0 Å². The number of hydrogen-bond acceptors (Lipinski definition) is 3. The highest BCUT2D eigenvalue weighted by molar-refractivity contribution is 9.10. The molecule has 0 spiro atoms. The van der Waals surface area contributed by atoms with E-state index < -0.39 is 0 Å². The molecule has 0 radical (unpaired) electrons. The second-order valence-corrected chi connectivity index (χ2v) is 4.60. The smallest absolute Gasteiger partial charge is 0.172 e. The minimum Gasteiger partial charge on any atom is -0.503 e. The number of phenolic OH excluding ortho intramolecular Hbond substituents is 1. The second kappa shape index (κ2) is 6.11. The molecule has 0 aliphatic heterocycles. The van der Waals surface area contributed by atoms with Crippen molar-refractivity contribution in [1.29, 1.82) is 0 Å². The highest BCUT2D eigenvalue weighted by Crippen LogP contribution is 2.35. The Morgan fingerprint density at radius 3 is 2.69 bits per heavy atom. The molecule has 0 saturated heterocycles. The summed E-state index contributed by atoms with van der Waals surface area (Å²) in [4.78, 5) is 0. The molecule has 0 aromatic heterocycles. The summed E-state index contributed by atoms with van der Waals surface area (Å²) in [5.74, 6) is 0.611. The van der Waals surface area contributed by atoms with E-state index in [0.29, 0.717) is 23.2 Å². The molecule has 0 amide bonds. The number of aliphatic hydroxyl groups is 1. The molecule has 16 heavy (non-hydrogen) atoms. The molecule has 1 atom stereocenters. The first-order valence-corrected chi connectivity index (χ1v) is 6.16. The lowest BCUT2D eigenvalue weighted by molar-refractivity contribution is 0.185. The van der Waals surface area contributed by atoms with Crippen molar-refractivity contribution >= 4 is 15.9 Å². The Bertz CT molecular complexity index is 350. The summed E-state index contributed by atoms with van der Waals surface area (Å²) in [7, 11) is 0. The average molecular weight is 289 g/mol. The predicted octanol–water partition coefficient (Wildman–Crippen LogP) is 2.87. The standard InChI is InChI=1S/C12H17BrO3/c1-3-16-11-7-9(5-4-8(2)14)6-10(13)12(11)15/h6-8,14-15H,3-5H2,1-2H3/t8-/m1/s1. The van der Waals surface area contributed by atoms with Gasteiger partial charge >= 0.3 is 0 Å². The van der Waals surface area contributed by atoms with Crippen LogP contribution in [-0.2, 0) is 6.42 Å². The van der Waals surface area contributed by atoms with Gasteiger partial charge in [0.05, 0.1) is 17.2 Å². The van der Waals surface area contributed by atoms with Crippen molar-refractivity contribution < 1.29 is 14.9 Å². The van der Waals surface area contributed by atoms with Crippen LogP contribution in [0.5, 0.6) is 11.5 Å². The normalized spacial score (nSPS) is 12.5. The Hall–Kier alpha value is -0.740. The molecule has 90 valence electrons. The molecule has 2 N–H and O–H groups in total. The zero-order valence-corrected chi connectivity index (χ0v) is 11.1. The highest BCUT2D eigenvalue weighted by Gasteiger charge is 2.09. The number of halogens is 1. The third-order valence-electron chi connectivity index (χ3n) is 2.24. The van der Waals surface area contributed by atoms with Gasteiger partial charge in [-0.25, -0.2) is 0 Å². The van der Waals surface area contributed by atoms with Gasteiger partial charge in [-0.15, -0.1) is 0 Å². The molecule has 0 saturated carbocycles. The first kappa shape index (κ1) is 13.3. The molecule has 0 fully saturated rings. The highest BCUT2D eigenvalue weighted by atomic mass is 79.9. The van der Waals surface area contributed by atoms with Crippen molar-refractivity contribution in [1.82, 2.24) is 0 Å². The van der Waals surface area contributed by atoms with Crippen molar-refractivity contribution in [3.63, 3.8) is 0 Å². The summed E-state index contributed by atoms with van der Waals surface area (Å²) in [6.45, 7) is 4.15. The van der Waals surface area contributed by atoms with Crippen molar-refractivity contribution in [2.45, 2.75) is 32.8 Å². The molecule has 4 heteroatoms. The second-order valence-electron chi connectivity index (χ2n) is 3.75. The van der Waals surface area contributed by atoms with Gasteiger partial charge in [0.1, 0.15) is 0 Å². The fourth-order valence-corrected chi connectivity index (χ4v) is 1.90. The van der Waals surface area contributed by atoms with Crippen molar-refractivity contribution in [3.8, 4) is 11.5 Å². The van der Waals surface area contributed by atoms with E-state index in [1.165, 1.54) is 0 Å². The summed E-state index contributed by atoms with van der Waals surface area (Å²) < 4.78 is 5.95. The lowest BCUT2D eigenvalue weighted by atomic mass is 10.1. The van der Waals surface area contributed by atoms with Gasteiger partial charge in [-0.05, 0) is 60.3 Å². The lowest BCUT2D eigenvalue weighted by Crippen LogP contribution is -2.02. The van der Waals surface area contributed by atoms with E-state index in [1.54, 1.807) is 6.92 Å². The molecule has 0 bridgehead atoms. The third-order valence-corrected chi connectivity index (χ3v) is 2.84. The zero-order valence-electron chi connectivity index (χ0n) is 9.53. The molecule has 1 aromatic carbocycles. The van der Waals surface area contributed by atoms with Crippen LogP contribution >= 0.6 is 15.9 Å². The molecule has 1 rings (SSSR count). The van der Waals surface area contributed by atoms with Crippen LogP contribution in [0, 0.1) is 0 Å². The van der Waals surface area contributed by atoms with Gasteiger partial charge < -0.3 is 14.9 Å². The van der Waals surface area contributed by atoms with E-state index in [-0.39, 0.29) is 11.9 Å². The first-order valence-electron chi connectivity index (χ1n) is 5.36. The molecular formula is C12H17BrO3. The van der Waals surface area contributed by atoms with Crippen molar-refractivity contribution in [2.75, 3.05) is 6.61 Å². The van der Waals surface area contributed by atoms with Gasteiger partial charge in [-0.3, -0.25) is 0 Å². The molecule has 0 aliphatic rings. The minimum absolute atomic E-state index is 0.127. The molecule has 0 aliphatic carbocycles. The Balaban J connectivity index is 2.86. The monoisotopic (exact) mass is 288 g/mol. The summed E-state index contributed by atoms with van der Waals surface area (Å²) in [6.07, 6.45) is 1.14. The Labute approximate surface area is 104 Å². The van der Waals surface area contributed by atoms with Gasteiger partial charge in [0.2, 0.25) is 0 Å². The van der Waals surface area contributed by atoms with E-state index in [9.17, 15) is 10.2 Å². The zero-order chi connectivity index (χ0) is 12.1. The van der Waals surface area contributed by atoms with Crippen LogP contribution in [-0.4, -0.2) is 22.9 Å². The number of ether oxygens (including phenoxy) is 1. The maximum atomic E-state index is 9.71. The number of aliphatic hydroxyl groups excluding tert-OH is 1. The summed E-state index contributed by atoms with van der Waals surface area (Å²) in [5, 5.41) is 18.9. The maximum Gasteiger partial charge on any atom is 0.172 e. The van der Waals surface area contributed by atoms with Gasteiger partial charge in [-0.1, -0.05) is 0 Å². The quantitative estimate of drug-likeness (QED) is 0.876. The van der Waals surface area contributed by atoms with Crippen LogP contribution in [0.1, 0.15) is 25.8 Å². The molecule has 0 unspecified atom stereocenters. The number of rotatable bonds is 5. The topological polar surface area (TPSA) is 49.7 Å². The number of phenols is 1. The van der Waals surface area contributed by atoms with E-state index in [2.05, 4.69) is 15.9 Å². The molecular weight excluding hydrogens is 272 g/mol. The Morgan fingerprint density at radius 2 is 2.12 bits per heavy atom. The summed E-state index contributed by atoms with van der Waals surface area (Å²) >= 11 is 3.28. The third kappa shape index (κ3) is 3.68. The Morgan fingerprint density at radius 1 is 1.44 bits per heavy atom. The molecule has 3 nitrogen and oxygen atoms in total. The maximum absolute atomic E-state index is 9.71. The van der Waals surface area contributed by atoms with Crippen LogP contribution in [0.4, 0.5) is 0 Å². The molecule has 0 heterocycles. The number of hydrogen-bond donors (Lipinski definition) is 2. The average Bonchev–Trinajstić information content (AvgIpc) is 2.22. The number of aromatic hydroxyl groups is 1. The fourth-order valence-electron chi connectivity index (χ4n) is 1.41. The minimum atomic E-state index is -0.317. The lowest BCUT2D eigenvalue weighted by Gasteiger charge is -2.11. The number of benzene rings is 1. The van der Waals surface area contributed by atoms with Crippen LogP contribution < -0.4 is 4.74 Å². The van der Waals surface area contributed by atoms with Gasteiger partial charge in [0, 0.05) is 0 Å². The van der Waals surface area contributed by atoms with Crippen LogP contribution in [0.25, 0.3) is 0 Å². The largest absolute Gasteiger partial charge is 0.503 e. The van der Waals surface area contributed by atoms with E-state index in [1.807, 2.05) is 19.1 Å². The summed E-state index contributed by atoms with van der Waals surface area (Å²) in [5.41, 5.74) is 1.04. The molecule has 1 aromatic rings.